The molecule has 1 saturated heterocycles. The number of carboxylic acids is 1. The molecule has 26 heavy (non-hydrogen) atoms. The summed E-state index contributed by atoms with van der Waals surface area (Å²) < 4.78 is 12.2. The minimum atomic E-state index is -0.984. The van der Waals surface area contributed by atoms with Crippen molar-refractivity contribution in [2.45, 2.75) is 52.7 Å². The lowest BCUT2D eigenvalue weighted by molar-refractivity contribution is -0.109. The highest BCUT2D eigenvalue weighted by molar-refractivity contribution is 8.13. The fourth-order valence-electron chi connectivity index (χ4n) is 2.66. The van der Waals surface area contributed by atoms with Gasteiger partial charge in [-0.1, -0.05) is 36.0 Å². The van der Waals surface area contributed by atoms with Crippen molar-refractivity contribution in [3.8, 4) is 0 Å². The number of aryl methyl sites for hydroxylation is 1. The van der Waals surface area contributed by atoms with Crippen LogP contribution in [0.1, 0.15) is 56.1 Å². The SMILES string of the molecule is CC(=O)SCC(=Cc1cccc(C)c1C(=O)O)B1OC(C)(C)C(C)(C)O1. The van der Waals surface area contributed by atoms with Gasteiger partial charge in [-0.2, -0.15) is 0 Å². The molecule has 0 radical (unpaired) electrons. The number of hydrogen-bond acceptors (Lipinski definition) is 5. The molecular formula is C19H25BO5S. The summed E-state index contributed by atoms with van der Waals surface area (Å²) in [5, 5.41) is 9.54. The zero-order valence-corrected chi connectivity index (χ0v) is 16.9. The van der Waals surface area contributed by atoms with Gasteiger partial charge in [0.15, 0.2) is 5.12 Å². The monoisotopic (exact) mass is 376 g/mol. The zero-order chi connectivity index (χ0) is 19.7. The van der Waals surface area contributed by atoms with Gasteiger partial charge >= 0.3 is 13.1 Å². The molecule has 0 aromatic heterocycles. The predicted molar refractivity (Wildman–Crippen MR) is 105 cm³/mol. The number of rotatable bonds is 5. The maximum Gasteiger partial charge on any atom is 0.491 e. The van der Waals surface area contributed by atoms with Crippen LogP contribution in [0.15, 0.2) is 23.7 Å². The van der Waals surface area contributed by atoms with E-state index in [0.717, 1.165) is 17.2 Å². The number of aromatic carboxylic acids is 1. The maximum absolute atomic E-state index is 11.7. The third kappa shape index (κ3) is 4.39. The van der Waals surface area contributed by atoms with Gasteiger partial charge < -0.3 is 14.4 Å². The van der Waals surface area contributed by atoms with Crippen LogP contribution in [0.4, 0.5) is 0 Å². The Balaban J connectivity index is 2.47. The molecule has 0 bridgehead atoms. The fourth-order valence-corrected chi connectivity index (χ4v) is 3.25. The third-order valence-corrected chi connectivity index (χ3v) is 5.74. The Morgan fingerprint density at radius 1 is 1.19 bits per heavy atom. The van der Waals surface area contributed by atoms with E-state index in [2.05, 4.69) is 0 Å². The van der Waals surface area contributed by atoms with Gasteiger partial charge in [-0.3, -0.25) is 4.79 Å². The predicted octanol–water partition coefficient (Wildman–Crippen LogP) is 3.99. The molecule has 1 aromatic rings. The molecule has 1 aromatic carbocycles. The average molecular weight is 376 g/mol. The number of carbonyl (C=O) groups excluding carboxylic acids is 1. The lowest BCUT2D eigenvalue weighted by Gasteiger charge is -2.32. The Kier molecular flexibility index (Phi) is 6.05. The molecule has 7 heteroatoms. The molecule has 0 amide bonds. The van der Waals surface area contributed by atoms with Crippen LogP contribution in [0.25, 0.3) is 6.08 Å². The van der Waals surface area contributed by atoms with Crippen molar-refractivity contribution in [3.05, 3.63) is 40.4 Å². The van der Waals surface area contributed by atoms with Crippen molar-refractivity contribution in [1.82, 2.24) is 0 Å². The van der Waals surface area contributed by atoms with E-state index < -0.39 is 24.3 Å². The molecule has 1 aliphatic heterocycles. The molecule has 1 fully saturated rings. The molecule has 0 atom stereocenters. The number of benzene rings is 1. The zero-order valence-electron chi connectivity index (χ0n) is 16.1. The van der Waals surface area contributed by atoms with Crippen molar-refractivity contribution in [2.75, 3.05) is 5.75 Å². The molecule has 1 N–H and O–H groups in total. The van der Waals surface area contributed by atoms with Crippen LogP contribution < -0.4 is 0 Å². The average Bonchev–Trinajstić information content (AvgIpc) is 2.71. The van der Waals surface area contributed by atoms with Crippen LogP contribution in [0.2, 0.25) is 0 Å². The highest BCUT2D eigenvalue weighted by atomic mass is 32.2. The van der Waals surface area contributed by atoms with Crippen LogP contribution in [-0.4, -0.2) is 40.3 Å². The smallest absolute Gasteiger partial charge is 0.478 e. The highest BCUT2D eigenvalue weighted by Gasteiger charge is 2.52. The fraction of sp³-hybridized carbons (Fsp3) is 0.474. The molecule has 2 rings (SSSR count). The van der Waals surface area contributed by atoms with E-state index in [1.807, 2.05) is 33.8 Å². The molecule has 0 saturated carbocycles. The van der Waals surface area contributed by atoms with Gasteiger partial charge in [-0.05, 0) is 51.2 Å². The Labute approximate surface area is 159 Å². The van der Waals surface area contributed by atoms with E-state index in [1.165, 1.54) is 6.92 Å². The van der Waals surface area contributed by atoms with Crippen molar-refractivity contribution in [2.24, 2.45) is 0 Å². The summed E-state index contributed by atoms with van der Waals surface area (Å²) in [6, 6.07) is 5.33. The van der Waals surface area contributed by atoms with E-state index >= 15 is 0 Å². The number of carbonyl (C=O) groups is 2. The number of thioether (sulfide) groups is 1. The van der Waals surface area contributed by atoms with Crippen molar-refractivity contribution in [3.63, 3.8) is 0 Å². The topological polar surface area (TPSA) is 72.8 Å². The van der Waals surface area contributed by atoms with Crippen LogP contribution in [-0.2, 0) is 14.1 Å². The lowest BCUT2D eigenvalue weighted by atomic mass is 9.77. The molecule has 1 aliphatic rings. The first-order chi connectivity index (χ1) is 11.9. The highest BCUT2D eigenvalue weighted by Crippen LogP contribution is 2.39. The second kappa shape index (κ2) is 7.58. The van der Waals surface area contributed by atoms with E-state index in [4.69, 9.17) is 9.31 Å². The lowest BCUT2D eigenvalue weighted by Crippen LogP contribution is -2.41. The Morgan fingerprint density at radius 2 is 1.77 bits per heavy atom. The van der Waals surface area contributed by atoms with Crippen LogP contribution in [0.3, 0.4) is 0 Å². The van der Waals surface area contributed by atoms with Gasteiger partial charge in [0.25, 0.3) is 0 Å². The Morgan fingerprint density at radius 3 is 2.27 bits per heavy atom. The normalized spacial score (nSPS) is 18.8. The van der Waals surface area contributed by atoms with E-state index in [9.17, 15) is 14.7 Å². The van der Waals surface area contributed by atoms with Gasteiger partial charge in [-0.15, -0.1) is 0 Å². The minimum absolute atomic E-state index is 0.0184. The van der Waals surface area contributed by atoms with E-state index in [0.29, 0.717) is 16.9 Å². The summed E-state index contributed by atoms with van der Waals surface area (Å²) in [6.45, 7) is 11.1. The second-order valence-electron chi connectivity index (χ2n) is 7.43. The van der Waals surface area contributed by atoms with Gasteiger partial charge in [-0.25, -0.2) is 4.79 Å². The summed E-state index contributed by atoms with van der Waals surface area (Å²) in [4.78, 5) is 23.1. The van der Waals surface area contributed by atoms with E-state index in [1.54, 1.807) is 25.1 Å². The third-order valence-electron chi connectivity index (χ3n) is 4.86. The van der Waals surface area contributed by atoms with Gasteiger partial charge in [0.05, 0.1) is 16.8 Å². The summed E-state index contributed by atoms with van der Waals surface area (Å²) in [6.07, 6.45) is 1.77. The number of carboxylic acid groups (broad SMARTS) is 1. The summed E-state index contributed by atoms with van der Waals surface area (Å²) >= 11 is 1.15. The van der Waals surface area contributed by atoms with Crippen LogP contribution in [0, 0.1) is 6.92 Å². The summed E-state index contributed by atoms with van der Waals surface area (Å²) in [7, 11) is -0.631. The van der Waals surface area contributed by atoms with Gasteiger partial charge in [0.2, 0.25) is 0 Å². The van der Waals surface area contributed by atoms with Gasteiger partial charge in [0, 0.05) is 12.7 Å². The number of hydrogen-bond donors (Lipinski definition) is 1. The molecule has 0 unspecified atom stereocenters. The molecular weight excluding hydrogens is 351 g/mol. The quantitative estimate of drug-likeness (QED) is 0.784. The molecule has 5 nitrogen and oxygen atoms in total. The largest absolute Gasteiger partial charge is 0.491 e. The van der Waals surface area contributed by atoms with Crippen molar-refractivity contribution < 1.29 is 24.0 Å². The summed E-state index contributed by atoms with van der Waals surface area (Å²) in [5.41, 5.74) is 1.20. The first kappa shape index (κ1) is 20.7. The Hall–Kier alpha value is -1.57. The standard InChI is InChI=1S/C19H25BO5S/c1-12-8-7-9-14(16(12)17(22)23)10-15(11-26-13(2)21)20-24-18(3,4)19(5,6)25-20/h7-10H,11H2,1-6H3,(H,22,23). The molecule has 1 heterocycles. The van der Waals surface area contributed by atoms with Gasteiger partial charge in [0.1, 0.15) is 0 Å². The van der Waals surface area contributed by atoms with Crippen LogP contribution >= 0.6 is 11.8 Å². The minimum Gasteiger partial charge on any atom is -0.478 e. The van der Waals surface area contributed by atoms with Crippen molar-refractivity contribution >= 4 is 36.0 Å². The molecule has 0 aliphatic carbocycles. The molecule has 140 valence electrons. The first-order valence-corrected chi connectivity index (χ1v) is 9.45. The first-order valence-electron chi connectivity index (χ1n) is 8.47. The van der Waals surface area contributed by atoms with Crippen molar-refractivity contribution in [1.29, 1.82) is 0 Å². The second-order valence-corrected chi connectivity index (χ2v) is 8.58. The maximum atomic E-state index is 11.7. The van der Waals surface area contributed by atoms with Crippen LogP contribution in [0.5, 0.6) is 0 Å². The Bertz CT molecular complexity index is 738. The summed E-state index contributed by atoms with van der Waals surface area (Å²) in [5.74, 6) is -0.610. The van der Waals surface area contributed by atoms with E-state index in [-0.39, 0.29) is 10.7 Å². The molecule has 0 spiro atoms.